The molecule has 1 unspecified atom stereocenters. The minimum absolute atomic E-state index is 0. The van der Waals surface area contributed by atoms with E-state index in [2.05, 4.69) is 50.3 Å². The average Bonchev–Trinajstić information content (AvgIpc) is 3.22. The topological polar surface area (TPSA) is 63.5 Å². The van der Waals surface area contributed by atoms with Gasteiger partial charge in [-0.1, -0.05) is 12.1 Å². The van der Waals surface area contributed by atoms with Crippen LogP contribution in [0.25, 0.3) is 11.0 Å². The van der Waals surface area contributed by atoms with E-state index in [9.17, 15) is 0 Å². The lowest BCUT2D eigenvalue weighted by Crippen LogP contribution is -2.40. The minimum Gasteiger partial charge on any atom is -0.381 e. The number of aromatic nitrogens is 2. The van der Waals surface area contributed by atoms with Crippen LogP contribution in [0.2, 0.25) is 0 Å². The number of hydrogen-bond donors (Lipinski definition) is 2. The van der Waals surface area contributed by atoms with E-state index in [-0.39, 0.29) is 24.0 Å². The van der Waals surface area contributed by atoms with Gasteiger partial charge in [0.1, 0.15) is 5.82 Å². The van der Waals surface area contributed by atoms with Crippen molar-refractivity contribution >= 4 is 41.0 Å². The third-order valence-electron chi connectivity index (χ3n) is 4.50. The van der Waals surface area contributed by atoms with E-state index < -0.39 is 0 Å². The van der Waals surface area contributed by atoms with Crippen LogP contribution in [0.1, 0.15) is 18.7 Å². The summed E-state index contributed by atoms with van der Waals surface area (Å²) in [6.07, 6.45) is 2.16. The van der Waals surface area contributed by atoms with Crippen LogP contribution in [0.4, 0.5) is 0 Å². The fourth-order valence-electron chi connectivity index (χ4n) is 3.13. The molecule has 0 radical (unpaired) electrons. The molecule has 2 N–H and O–H groups in total. The number of aliphatic imine (C=N–C) groups is 1. The maximum atomic E-state index is 5.40. The fourth-order valence-corrected chi connectivity index (χ4v) is 3.13. The first-order valence-corrected chi connectivity index (χ1v) is 8.72. The highest BCUT2D eigenvalue weighted by Crippen LogP contribution is 2.15. The summed E-state index contributed by atoms with van der Waals surface area (Å²) in [7, 11) is 1.81. The van der Waals surface area contributed by atoms with Gasteiger partial charge in [0.25, 0.3) is 0 Å². The van der Waals surface area contributed by atoms with E-state index in [4.69, 9.17) is 4.74 Å². The van der Waals surface area contributed by atoms with Crippen molar-refractivity contribution in [3.8, 4) is 0 Å². The highest BCUT2D eigenvalue weighted by atomic mass is 127. The summed E-state index contributed by atoms with van der Waals surface area (Å²) in [6, 6.07) is 8.30. The standard InChI is InChI=1S/C18H27N5O.HI/c1-14-22-16-6-3-4-7-17(16)23(14)10-5-9-20-18(19-2)21-12-15-8-11-24-13-15;/h3-4,6-7,15H,5,8-13H2,1-2H3,(H2,19,20,21);1H. The summed E-state index contributed by atoms with van der Waals surface area (Å²) in [4.78, 5) is 8.90. The molecule has 0 saturated carbocycles. The van der Waals surface area contributed by atoms with Gasteiger partial charge in [0, 0.05) is 39.2 Å². The first kappa shape index (κ1) is 20.0. The molecule has 1 atom stereocenters. The molecule has 138 valence electrons. The van der Waals surface area contributed by atoms with Crippen LogP contribution >= 0.6 is 24.0 Å². The second-order valence-corrected chi connectivity index (χ2v) is 6.26. The summed E-state index contributed by atoms with van der Waals surface area (Å²) in [5.41, 5.74) is 2.28. The van der Waals surface area contributed by atoms with Gasteiger partial charge < -0.3 is 19.9 Å². The summed E-state index contributed by atoms with van der Waals surface area (Å²) in [5, 5.41) is 6.77. The number of aryl methyl sites for hydroxylation is 2. The highest BCUT2D eigenvalue weighted by molar-refractivity contribution is 14.0. The lowest BCUT2D eigenvalue weighted by molar-refractivity contribution is 0.186. The molecule has 7 heteroatoms. The van der Waals surface area contributed by atoms with E-state index in [1.807, 2.05) is 13.1 Å². The van der Waals surface area contributed by atoms with Crippen molar-refractivity contribution in [2.75, 3.05) is 33.4 Å². The van der Waals surface area contributed by atoms with Gasteiger partial charge in [-0.25, -0.2) is 4.98 Å². The van der Waals surface area contributed by atoms with Crippen LogP contribution in [-0.4, -0.2) is 48.9 Å². The van der Waals surface area contributed by atoms with Crippen LogP contribution in [-0.2, 0) is 11.3 Å². The zero-order valence-electron chi connectivity index (χ0n) is 15.0. The number of para-hydroxylation sites is 2. The molecule has 0 amide bonds. The summed E-state index contributed by atoms with van der Waals surface area (Å²) in [6.45, 7) is 6.57. The van der Waals surface area contributed by atoms with Crippen molar-refractivity contribution in [1.29, 1.82) is 0 Å². The van der Waals surface area contributed by atoms with E-state index >= 15 is 0 Å². The van der Waals surface area contributed by atoms with Gasteiger partial charge in [0.2, 0.25) is 0 Å². The SMILES string of the molecule is CN=C(NCCCn1c(C)nc2ccccc21)NCC1CCOC1.I. The predicted molar refractivity (Wildman–Crippen MR) is 113 cm³/mol. The molecule has 1 saturated heterocycles. The normalized spacial score (nSPS) is 17.5. The maximum Gasteiger partial charge on any atom is 0.190 e. The molecule has 0 bridgehead atoms. The van der Waals surface area contributed by atoms with Gasteiger partial charge in [0.05, 0.1) is 17.6 Å². The van der Waals surface area contributed by atoms with Crippen molar-refractivity contribution in [3.63, 3.8) is 0 Å². The van der Waals surface area contributed by atoms with Gasteiger partial charge in [-0.3, -0.25) is 4.99 Å². The lowest BCUT2D eigenvalue weighted by atomic mass is 10.1. The Morgan fingerprint density at radius 2 is 2.20 bits per heavy atom. The molecule has 25 heavy (non-hydrogen) atoms. The Balaban J connectivity index is 0.00000225. The summed E-state index contributed by atoms with van der Waals surface area (Å²) in [5.74, 6) is 2.54. The third kappa shape index (κ3) is 5.31. The molecule has 1 fully saturated rings. The Hall–Kier alpha value is -1.35. The Kier molecular flexibility index (Phi) is 7.95. The zero-order chi connectivity index (χ0) is 16.8. The molecule has 3 rings (SSSR count). The van der Waals surface area contributed by atoms with Crippen LogP contribution in [0.15, 0.2) is 29.3 Å². The predicted octanol–water partition coefficient (Wildman–Crippen LogP) is 2.55. The van der Waals surface area contributed by atoms with Gasteiger partial charge in [-0.05, 0) is 31.9 Å². The molecule has 1 aliphatic rings. The largest absolute Gasteiger partial charge is 0.381 e. The van der Waals surface area contributed by atoms with Crippen molar-refractivity contribution in [1.82, 2.24) is 20.2 Å². The van der Waals surface area contributed by atoms with Gasteiger partial charge in [0.15, 0.2) is 5.96 Å². The molecule has 2 heterocycles. The molecule has 1 aromatic heterocycles. The number of imidazole rings is 1. The van der Waals surface area contributed by atoms with Crippen LogP contribution in [0.5, 0.6) is 0 Å². The van der Waals surface area contributed by atoms with Crippen molar-refractivity contribution in [2.24, 2.45) is 10.9 Å². The minimum atomic E-state index is 0. The Morgan fingerprint density at radius 3 is 2.96 bits per heavy atom. The second kappa shape index (κ2) is 9.96. The molecule has 0 aliphatic carbocycles. The van der Waals surface area contributed by atoms with E-state index in [1.165, 1.54) is 5.52 Å². The number of nitrogens with zero attached hydrogens (tertiary/aromatic N) is 3. The first-order chi connectivity index (χ1) is 11.8. The number of guanidine groups is 1. The van der Waals surface area contributed by atoms with Gasteiger partial charge in [-0.15, -0.1) is 24.0 Å². The number of nitrogens with one attached hydrogen (secondary N) is 2. The van der Waals surface area contributed by atoms with Crippen molar-refractivity contribution in [3.05, 3.63) is 30.1 Å². The lowest BCUT2D eigenvalue weighted by Gasteiger charge is -2.14. The molecule has 0 spiro atoms. The molecular weight excluding hydrogens is 429 g/mol. The maximum absolute atomic E-state index is 5.40. The van der Waals surface area contributed by atoms with E-state index in [0.717, 1.165) is 63.0 Å². The monoisotopic (exact) mass is 457 g/mol. The Bertz CT molecular complexity index is 694. The number of halogens is 1. The Morgan fingerprint density at radius 1 is 1.36 bits per heavy atom. The molecule has 6 nitrogen and oxygen atoms in total. The van der Waals surface area contributed by atoms with E-state index in [0.29, 0.717) is 5.92 Å². The number of rotatable bonds is 6. The molecule has 2 aromatic rings. The molecule has 1 aliphatic heterocycles. The number of benzene rings is 1. The fraction of sp³-hybridized carbons (Fsp3) is 0.556. The van der Waals surface area contributed by atoms with Gasteiger partial charge >= 0.3 is 0 Å². The Labute approximate surface area is 166 Å². The number of fused-ring (bicyclic) bond motifs is 1. The summed E-state index contributed by atoms with van der Waals surface area (Å²) >= 11 is 0. The number of ether oxygens (including phenoxy) is 1. The van der Waals surface area contributed by atoms with E-state index in [1.54, 1.807) is 0 Å². The first-order valence-electron chi connectivity index (χ1n) is 8.72. The van der Waals surface area contributed by atoms with Crippen LogP contribution < -0.4 is 10.6 Å². The average molecular weight is 457 g/mol. The number of hydrogen-bond acceptors (Lipinski definition) is 3. The smallest absolute Gasteiger partial charge is 0.190 e. The zero-order valence-corrected chi connectivity index (χ0v) is 17.3. The van der Waals surface area contributed by atoms with Crippen molar-refractivity contribution < 1.29 is 4.74 Å². The summed E-state index contributed by atoms with van der Waals surface area (Å²) < 4.78 is 7.68. The highest BCUT2D eigenvalue weighted by Gasteiger charge is 2.15. The third-order valence-corrected chi connectivity index (χ3v) is 4.50. The second-order valence-electron chi connectivity index (χ2n) is 6.26. The van der Waals surface area contributed by atoms with Crippen molar-refractivity contribution in [2.45, 2.75) is 26.3 Å². The quantitative estimate of drug-likeness (QED) is 0.303. The van der Waals surface area contributed by atoms with Crippen LogP contribution in [0, 0.1) is 12.8 Å². The van der Waals surface area contributed by atoms with Crippen LogP contribution in [0.3, 0.4) is 0 Å². The van der Waals surface area contributed by atoms with Gasteiger partial charge in [-0.2, -0.15) is 0 Å². The molecule has 1 aromatic carbocycles. The molecular formula is C18H28IN5O.